The molecule has 0 fully saturated rings. The van der Waals surface area contributed by atoms with E-state index in [1.165, 1.54) is 5.69 Å². The molecule has 0 bridgehead atoms. The third-order valence-electron chi connectivity index (χ3n) is 3.80. The highest BCUT2D eigenvalue weighted by molar-refractivity contribution is 14.0. The molecule has 1 atom stereocenters. The maximum absolute atomic E-state index is 10.2. The van der Waals surface area contributed by atoms with Crippen molar-refractivity contribution in [3.8, 4) is 0 Å². The molecule has 144 valence electrons. The van der Waals surface area contributed by atoms with Crippen molar-refractivity contribution in [1.29, 1.82) is 0 Å². The summed E-state index contributed by atoms with van der Waals surface area (Å²) in [4.78, 5) is 8.41. The zero-order valence-electron chi connectivity index (χ0n) is 15.6. The van der Waals surface area contributed by atoms with E-state index in [2.05, 4.69) is 38.7 Å². The van der Waals surface area contributed by atoms with Crippen molar-refractivity contribution in [3.63, 3.8) is 0 Å². The molecule has 0 aliphatic heterocycles. The molecule has 7 nitrogen and oxygen atoms in total. The molecule has 0 saturated carbocycles. The number of aromatic nitrogens is 3. The van der Waals surface area contributed by atoms with Crippen LogP contribution >= 0.6 is 24.0 Å². The molecule has 0 amide bonds. The van der Waals surface area contributed by atoms with Crippen molar-refractivity contribution in [1.82, 2.24) is 25.4 Å². The van der Waals surface area contributed by atoms with Gasteiger partial charge in [0, 0.05) is 37.7 Å². The van der Waals surface area contributed by atoms with Crippen LogP contribution in [0.1, 0.15) is 36.4 Å². The number of hydrogen-bond donors (Lipinski definition) is 3. The molecule has 2 rings (SSSR count). The molecular formula is C18H29IN6O. The van der Waals surface area contributed by atoms with E-state index >= 15 is 0 Å². The number of aliphatic hydroxyl groups is 1. The number of aliphatic hydroxyl groups excluding tert-OH is 1. The Morgan fingerprint density at radius 3 is 2.62 bits per heavy atom. The van der Waals surface area contributed by atoms with E-state index in [1.807, 2.05) is 18.5 Å². The van der Waals surface area contributed by atoms with Crippen LogP contribution in [0.2, 0.25) is 0 Å². The van der Waals surface area contributed by atoms with E-state index in [9.17, 15) is 5.11 Å². The molecule has 2 heterocycles. The Hall–Kier alpha value is -1.68. The third kappa shape index (κ3) is 7.28. The first kappa shape index (κ1) is 22.4. The molecule has 2 aromatic rings. The van der Waals surface area contributed by atoms with Crippen molar-refractivity contribution >= 4 is 29.9 Å². The molecule has 0 radical (unpaired) electrons. The summed E-state index contributed by atoms with van der Waals surface area (Å²) >= 11 is 0. The number of rotatable bonds is 8. The van der Waals surface area contributed by atoms with Gasteiger partial charge in [-0.3, -0.25) is 14.7 Å². The van der Waals surface area contributed by atoms with Gasteiger partial charge in [-0.25, -0.2) is 0 Å². The van der Waals surface area contributed by atoms with Gasteiger partial charge in [0.15, 0.2) is 5.96 Å². The number of pyridine rings is 1. The lowest BCUT2D eigenvalue weighted by atomic mass is 10.1. The van der Waals surface area contributed by atoms with Gasteiger partial charge in [0.1, 0.15) is 0 Å². The fourth-order valence-corrected chi connectivity index (χ4v) is 2.55. The maximum Gasteiger partial charge on any atom is 0.191 e. The van der Waals surface area contributed by atoms with Gasteiger partial charge in [-0.2, -0.15) is 5.10 Å². The van der Waals surface area contributed by atoms with Gasteiger partial charge >= 0.3 is 0 Å². The van der Waals surface area contributed by atoms with Crippen LogP contribution in [-0.4, -0.2) is 45.5 Å². The molecule has 26 heavy (non-hydrogen) atoms. The normalized spacial score (nSPS) is 12.4. The predicted octanol–water partition coefficient (Wildman–Crippen LogP) is 2.19. The SMILES string of the molecule is CCNC(=NCC(O)c1ccncc1)NCCCn1nc(C)cc1C.I. The van der Waals surface area contributed by atoms with Crippen LogP contribution in [0.4, 0.5) is 0 Å². The molecule has 0 saturated heterocycles. The van der Waals surface area contributed by atoms with E-state index in [0.717, 1.165) is 37.3 Å². The highest BCUT2D eigenvalue weighted by Gasteiger charge is 2.07. The summed E-state index contributed by atoms with van der Waals surface area (Å²) < 4.78 is 2.02. The molecule has 0 spiro atoms. The van der Waals surface area contributed by atoms with Crippen LogP contribution in [0.3, 0.4) is 0 Å². The lowest BCUT2D eigenvalue weighted by Crippen LogP contribution is -2.38. The lowest BCUT2D eigenvalue weighted by Gasteiger charge is -2.13. The largest absolute Gasteiger partial charge is 0.386 e. The van der Waals surface area contributed by atoms with Gasteiger partial charge in [-0.05, 0) is 51.0 Å². The van der Waals surface area contributed by atoms with Gasteiger partial charge in [-0.1, -0.05) is 0 Å². The van der Waals surface area contributed by atoms with E-state index in [1.54, 1.807) is 24.5 Å². The van der Waals surface area contributed by atoms with Crippen LogP contribution in [-0.2, 0) is 6.54 Å². The third-order valence-corrected chi connectivity index (χ3v) is 3.80. The summed E-state index contributed by atoms with van der Waals surface area (Å²) in [6.45, 7) is 8.82. The first-order valence-electron chi connectivity index (χ1n) is 8.71. The van der Waals surface area contributed by atoms with E-state index in [4.69, 9.17) is 0 Å². The number of nitrogens with zero attached hydrogens (tertiary/aromatic N) is 4. The minimum atomic E-state index is -0.631. The minimum Gasteiger partial charge on any atom is -0.386 e. The minimum absolute atomic E-state index is 0. The Bertz CT molecular complexity index is 674. The molecule has 3 N–H and O–H groups in total. The summed E-state index contributed by atoms with van der Waals surface area (Å²) in [5.41, 5.74) is 3.04. The van der Waals surface area contributed by atoms with Crippen molar-refractivity contribution in [3.05, 3.63) is 47.5 Å². The molecule has 8 heteroatoms. The molecular weight excluding hydrogens is 443 g/mol. The Morgan fingerprint density at radius 2 is 2.00 bits per heavy atom. The van der Waals surface area contributed by atoms with Crippen molar-refractivity contribution in [2.45, 2.75) is 39.8 Å². The topological polar surface area (TPSA) is 87.4 Å². The van der Waals surface area contributed by atoms with Crippen molar-refractivity contribution in [2.75, 3.05) is 19.6 Å². The molecule has 1 unspecified atom stereocenters. The monoisotopic (exact) mass is 472 g/mol. The zero-order valence-corrected chi connectivity index (χ0v) is 18.0. The quantitative estimate of drug-likeness (QED) is 0.237. The molecule has 0 aliphatic carbocycles. The Morgan fingerprint density at radius 1 is 1.27 bits per heavy atom. The second kappa shape index (κ2) is 11.8. The second-order valence-corrected chi connectivity index (χ2v) is 5.95. The fraction of sp³-hybridized carbons (Fsp3) is 0.500. The average Bonchev–Trinajstić information content (AvgIpc) is 2.94. The van der Waals surface area contributed by atoms with Crippen LogP contribution in [0.15, 0.2) is 35.6 Å². The van der Waals surface area contributed by atoms with Gasteiger partial charge in [-0.15, -0.1) is 24.0 Å². The summed E-state index contributed by atoms with van der Waals surface area (Å²) in [5.74, 6) is 0.712. The highest BCUT2D eigenvalue weighted by Crippen LogP contribution is 2.10. The maximum atomic E-state index is 10.2. The summed E-state index contributed by atoms with van der Waals surface area (Å²) in [7, 11) is 0. The van der Waals surface area contributed by atoms with Crippen molar-refractivity contribution < 1.29 is 5.11 Å². The average molecular weight is 472 g/mol. The molecule has 0 aromatic carbocycles. The van der Waals surface area contributed by atoms with Gasteiger partial charge < -0.3 is 15.7 Å². The molecule has 0 aliphatic rings. The Balaban J connectivity index is 0.00000338. The smallest absolute Gasteiger partial charge is 0.191 e. The van der Waals surface area contributed by atoms with E-state index in [0.29, 0.717) is 12.5 Å². The fourth-order valence-electron chi connectivity index (χ4n) is 2.55. The summed E-state index contributed by atoms with van der Waals surface area (Å²) in [5, 5.41) is 21.1. The first-order valence-corrected chi connectivity index (χ1v) is 8.71. The Kier molecular flexibility index (Phi) is 10.2. The zero-order chi connectivity index (χ0) is 18.1. The van der Waals surface area contributed by atoms with E-state index < -0.39 is 6.10 Å². The number of aliphatic imine (C=N–C) groups is 1. The van der Waals surface area contributed by atoms with Crippen LogP contribution in [0.25, 0.3) is 0 Å². The van der Waals surface area contributed by atoms with E-state index in [-0.39, 0.29) is 24.0 Å². The van der Waals surface area contributed by atoms with Crippen LogP contribution < -0.4 is 10.6 Å². The number of aryl methyl sites for hydroxylation is 3. The number of halogens is 1. The van der Waals surface area contributed by atoms with Gasteiger partial charge in [0.05, 0.1) is 18.3 Å². The summed E-state index contributed by atoms with van der Waals surface area (Å²) in [6, 6.07) is 5.68. The second-order valence-electron chi connectivity index (χ2n) is 5.95. The van der Waals surface area contributed by atoms with Crippen molar-refractivity contribution in [2.24, 2.45) is 4.99 Å². The number of hydrogen-bond acceptors (Lipinski definition) is 4. The highest BCUT2D eigenvalue weighted by atomic mass is 127. The Labute approximate surface area is 172 Å². The lowest BCUT2D eigenvalue weighted by molar-refractivity contribution is 0.187. The van der Waals surface area contributed by atoms with Gasteiger partial charge in [0.2, 0.25) is 0 Å². The molecule has 2 aromatic heterocycles. The van der Waals surface area contributed by atoms with Crippen LogP contribution in [0.5, 0.6) is 0 Å². The number of guanidine groups is 1. The van der Waals surface area contributed by atoms with Gasteiger partial charge in [0.25, 0.3) is 0 Å². The standard InChI is InChI=1S/C18H28N6O.HI/c1-4-20-18(22-13-17(25)16-6-9-19-10-7-16)21-8-5-11-24-15(3)12-14(2)23-24;/h6-7,9-10,12,17,25H,4-5,8,11,13H2,1-3H3,(H2,20,21,22);1H. The predicted molar refractivity (Wildman–Crippen MR) is 115 cm³/mol. The summed E-state index contributed by atoms with van der Waals surface area (Å²) in [6.07, 6.45) is 3.66. The van der Waals surface area contributed by atoms with Crippen LogP contribution in [0, 0.1) is 13.8 Å². The number of nitrogens with one attached hydrogen (secondary N) is 2. The first-order chi connectivity index (χ1) is 12.1.